The normalized spacial score (nSPS) is 15.8. The number of piperazine rings is 1. The average Bonchev–Trinajstić information content (AvgIpc) is 2.79. The number of amides is 5. The molecule has 3 N–H and O–H groups in total. The van der Waals surface area contributed by atoms with E-state index in [1.807, 2.05) is 37.3 Å². The van der Waals surface area contributed by atoms with Crippen LogP contribution in [0.4, 0.5) is 4.79 Å². The number of hydrazine groups is 1. The molecule has 0 radical (unpaired) electrons. The molecule has 1 heterocycles. The number of nitrogens with zero attached hydrogens (tertiary/aromatic N) is 2. The molecule has 36 heavy (non-hydrogen) atoms. The maximum Gasteiger partial charge on any atom is 0.408 e. The summed E-state index contributed by atoms with van der Waals surface area (Å²) in [7, 11) is 0. The highest BCUT2D eigenvalue weighted by atomic mass is 16.6. The van der Waals surface area contributed by atoms with E-state index in [1.165, 1.54) is 4.90 Å². The van der Waals surface area contributed by atoms with Crippen molar-refractivity contribution in [2.45, 2.75) is 65.0 Å². The van der Waals surface area contributed by atoms with E-state index >= 15 is 0 Å². The van der Waals surface area contributed by atoms with Crippen LogP contribution in [0, 0.1) is 0 Å². The summed E-state index contributed by atoms with van der Waals surface area (Å²) in [5, 5.41) is 2.62. The van der Waals surface area contributed by atoms with Gasteiger partial charge in [0, 0.05) is 26.1 Å². The molecule has 5 amide bonds. The van der Waals surface area contributed by atoms with Crippen LogP contribution in [0.15, 0.2) is 30.3 Å². The van der Waals surface area contributed by atoms with Gasteiger partial charge in [0.1, 0.15) is 11.1 Å². The second kappa shape index (κ2) is 12.5. The number of unbranched alkanes of at least 4 members (excludes halogenated alkanes) is 1. The molecule has 1 aromatic rings. The van der Waals surface area contributed by atoms with E-state index in [0.717, 1.165) is 23.3 Å². The van der Waals surface area contributed by atoms with Gasteiger partial charge in [-0.25, -0.2) is 10.2 Å². The standard InChI is InChI=1S/C25H37N5O6/c1-6-7-13-29-14-15-30(21(33)20(29)32)19(31)17-26-28-22(34)25(5,16-18-11-9-8-10-12-18)27-23(35)36-24(2,3)4/h8-12,26H,6-7,13-17H2,1-5H3,(H,27,35)(H,28,34)/t25-/m1/s1. The maximum absolute atomic E-state index is 13.1. The fourth-order valence-electron chi connectivity index (χ4n) is 3.62. The number of hydrogen-bond donors (Lipinski definition) is 3. The summed E-state index contributed by atoms with van der Waals surface area (Å²) in [6.07, 6.45) is 1.05. The maximum atomic E-state index is 13.1. The summed E-state index contributed by atoms with van der Waals surface area (Å²) in [5.41, 5.74) is 3.56. The Morgan fingerprint density at radius 1 is 1.00 bits per heavy atom. The van der Waals surface area contributed by atoms with E-state index in [0.29, 0.717) is 6.54 Å². The van der Waals surface area contributed by atoms with Gasteiger partial charge in [0.25, 0.3) is 5.91 Å². The van der Waals surface area contributed by atoms with Gasteiger partial charge in [-0.2, -0.15) is 0 Å². The van der Waals surface area contributed by atoms with Gasteiger partial charge in [-0.1, -0.05) is 43.7 Å². The number of hydrogen-bond acceptors (Lipinski definition) is 7. The Morgan fingerprint density at radius 2 is 1.67 bits per heavy atom. The third-order valence-electron chi connectivity index (χ3n) is 5.51. The van der Waals surface area contributed by atoms with Crippen LogP contribution >= 0.6 is 0 Å². The highest BCUT2D eigenvalue weighted by molar-refractivity contribution is 6.38. The number of rotatable bonds is 10. The second-order valence-electron chi connectivity index (χ2n) is 9.93. The number of benzene rings is 1. The van der Waals surface area contributed by atoms with Crippen molar-refractivity contribution < 1.29 is 28.7 Å². The molecule has 1 saturated heterocycles. The summed E-state index contributed by atoms with van der Waals surface area (Å²) in [6.45, 7) is 9.10. The summed E-state index contributed by atoms with van der Waals surface area (Å²) >= 11 is 0. The minimum absolute atomic E-state index is 0.0919. The van der Waals surface area contributed by atoms with Crippen molar-refractivity contribution in [3.05, 3.63) is 35.9 Å². The lowest BCUT2D eigenvalue weighted by atomic mass is 9.92. The van der Waals surface area contributed by atoms with Crippen molar-refractivity contribution >= 4 is 29.7 Å². The van der Waals surface area contributed by atoms with Gasteiger partial charge in [-0.15, -0.1) is 0 Å². The quantitative estimate of drug-likeness (QED) is 0.322. The number of nitrogens with one attached hydrogen (secondary N) is 3. The Labute approximate surface area is 211 Å². The number of carbonyl (C=O) groups is 5. The SMILES string of the molecule is CCCCN1CCN(C(=O)CNNC(=O)[C@@](C)(Cc2ccccc2)NC(=O)OC(C)(C)C)C(=O)C1=O. The number of ether oxygens (including phenoxy) is 1. The van der Waals surface area contributed by atoms with E-state index in [-0.39, 0.29) is 19.5 Å². The fraction of sp³-hybridized carbons (Fsp3) is 0.560. The van der Waals surface area contributed by atoms with E-state index in [1.54, 1.807) is 27.7 Å². The zero-order chi connectivity index (χ0) is 26.9. The Bertz CT molecular complexity index is 961. The Hall–Kier alpha value is -3.47. The summed E-state index contributed by atoms with van der Waals surface area (Å²) in [4.78, 5) is 65.1. The summed E-state index contributed by atoms with van der Waals surface area (Å²) in [5.74, 6) is -2.84. The number of carbonyl (C=O) groups excluding carboxylic acids is 5. The van der Waals surface area contributed by atoms with Gasteiger partial charge in [-0.3, -0.25) is 29.5 Å². The molecule has 0 bridgehead atoms. The highest BCUT2D eigenvalue weighted by Crippen LogP contribution is 2.16. The predicted octanol–water partition coefficient (Wildman–Crippen LogP) is 1.13. The first-order valence-electron chi connectivity index (χ1n) is 12.1. The Morgan fingerprint density at radius 3 is 2.28 bits per heavy atom. The molecule has 0 unspecified atom stereocenters. The van der Waals surface area contributed by atoms with Crippen LogP contribution in [-0.4, -0.2) is 76.8 Å². The van der Waals surface area contributed by atoms with Crippen LogP contribution in [0.1, 0.15) is 53.0 Å². The van der Waals surface area contributed by atoms with Gasteiger partial charge in [0.15, 0.2) is 0 Å². The molecule has 11 nitrogen and oxygen atoms in total. The van der Waals surface area contributed by atoms with Crippen molar-refractivity contribution in [1.82, 2.24) is 26.0 Å². The predicted molar refractivity (Wildman–Crippen MR) is 132 cm³/mol. The first kappa shape index (κ1) is 28.8. The third-order valence-corrected chi connectivity index (χ3v) is 5.51. The summed E-state index contributed by atoms with van der Waals surface area (Å²) in [6, 6.07) is 9.12. The van der Waals surface area contributed by atoms with Gasteiger partial charge < -0.3 is 15.0 Å². The molecule has 1 atom stereocenters. The third kappa shape index (κ3) is 8.33. The molecule has 0 spiro atoms. The molecule has 198 valence electrons. The largest absolute Gasteiger partial charge is 0.444 e. The topological polar surface area (TPSA) is 137 Å². The van der Waals surface area contributed by atoms with E-state index in [2.05, 4.69) is 16.2 Å². The molecule has 0 aliphatic carbocycles. The second-order valence-corrected chi connectivity index (χ2v) is 9.93. The van der Waals surface area contributed by atoms with Gasteiger partial charge in [-0.05, 0) is 39.7 Å². The Balaban J connectivity index is 1.99. The zero-order valence-corrected chi connectivity index (χ0v) is 21.7. The van der Waals surface area contributed by atoms with Crippen LogP contribution < -0.4 is 16.2 Å². The van der Waals surface area contributed by atoms with Crippen molar-refractivity contribution in [2.24, 2.45) is 0 Å². The van der Waals surface area contributed by atoms with E-state index < -0.39 is 47.4 Å². The zero-order valence-electron chi connectivity index (χ0n) is 21.7. The molecule has 1 fully saturated rings. The van der Waals surface area contributed by atoms with Gasteiger partial charge in [0.2, 0.25) is 5.91 Å². The average molecular weight is 504 g/mol. The minimum Gasteiger partial charge on any atom is -0.444 e. The molecule has 1 aliphatic heterocycles. The highest BCUT2D eigenvalue weighted by Gasteiger charge is 2.38. The smallest absolute Gasteiger partial charge is 0.408 e. The van der Waals surface area contributed by atoms with Crippen LogP contribution in [0.5, 0.6) is 0 Å². The molecular weight excluding hydrogens is 466 g/mol. The van der Waals surface area contributed by atoms with Crippen molar-refractivity contribution in [1.29, 1.82) is 0 Å². The van der Waals surface area contributed by atoms with E-state index in [9.17, 15) is 24.0 Å². The Kier molecular flexibility index (Phi) is 9.97. The van der Waals surface area contributed by atoms with Crippen molar-refractivity contribution in [3.8, 4) is 0 Å². The van der Waals surface area contributed by atoms with Crippen LogP contribution in [0.25, 0.3) is 0 Å². The molecule has 0 saturated carbocycles. The van der Waals surface area contributed by atoms with Gasteiger partial charge in [0.05, 0.1) is 6.54 Å². The van der Waals surface area contributed by atoms with Crippen LogP contribution in [0.3, 0.4) is 0 Å². The first-order chi connectivity index (χ1) is 16.9. The molecule has 1 aliphatic rings. The van der Waals surface area contributed by atoms with Crippen molar-refractivity contribution in [3.63, 3.8) is 0 Å². The monoisotopic (exact) mass is 503 g/mol. The molecular formula is C25H37N5O6. The van der Waals surface area contributed by atoms with E-state index in [4.69, 9.17) is 4.74 Å². The molecule has 2 rings (SSSR count). The lowest BCUT2D eigenvalue weighted by molar-refractivity contribution is -0.161. The number of alkyl carbamates (subject to hydrolysis) is 1. The molecule has 1 aromatic carbocycles. The van der Waals surface area contributed by atoms with Crippen LogP contribution in [-0.2, 0) is 30.3 Å². The van der Waals surface area contributed by atoms with Crippen LogP contribution in [0.2, 0.25) is 0 Å². The fourth-order valence-corrected chi connectivity index (χ4v) is 3.62. The van der Waals surface area contributed by atoms with Gasteiger partial charge >= 0.3 is 17.9 Å². The minimum atomic E-state index is -1.42. The molecule has 11 heteroatoms. The molecule has 0 aromatic heterocycles. The lowest BCUT2D eigenvalue weighted by Crippen LogP contribution is -2.62. The first-order valence-corrected chi connectivity index (χ1v) is 12.1. The summed E-state index contributed by atoms with van der Waals surface area (Å²) < 4.78 is 5.31. The number of imide groups is 1. The lowest BCUT2D eigenvalue weighted by Gasteiger charge is -2.33. The van der Waals surface area contributed by atoms with Crippen molar-refractivity contribution in [2.75, 3.05) is 26.2 Å².